The lowest BCUT2D eigenvalue weighted by Crippen LogP contribution is -2.38. The van der Waals surface area contributed by atoms with Gasteiger partial charge < -0.3 is 10.1 Å². The first-order chi connectivity index (χ1) is 6.84. The number of piperidine rings is 1. The third kappa shape index (κ3) is 2.69. The van der Waals surface area contributed by atoms with Crippen LogP contribution in [0.25, 0.3) is 0 Å². The summed E-state index contributed by atoms with van der Waals surface area (Å²) in [5.41, 5.74) is 1.04. The van der Waals surface area contributed by atoms with E-state index in [1.54, 1.807) is 11.3 Å². The van der Waals surface area contributed by atoms with Gasteiger partial charge in [-0.25, -0.2) is 4.98 Å². The first-order valence-corrected chi connectivity index (χ1v) is 6.01. The number of aryl methyl sites for hydroxylation is 1. The molecule has 0 amide bonds. The van der Waals surface area contributed by atoms with Crippen molar-refractivity contribution in [1.82, 2.24) is 10.3 Å². The van der Waals surface area contributed by atoms with E-state index in [2.05, 4.69) is 10.3 Å². The van der Waals surface area contributed by atoms with Crippen LogP contribution in [0.4, 0.5) is 0 Å². The van der Waals surface area contributed by atoms with Gasteiger partial charge in [0, 0.05) is 11.4 Å². The molecule has 1 saturated heterocycles. The molecule has 2 rings (SSSR count). The second kappa shape index (κ2) is 4.75. The van der Waals surface area contributed by atoms with E-state index >= 15 is 0 Å². The lowest BCUT2D eigenvalue weighted by Gasteiger charge is -2.22. The third-order valence-corrected chi connectivity index (χ3v) is 3.29. The van der Waals surface area contributed by atoms with Gasteiger partial charge >= 0.3 is 0 Å². The fourth-order valence-electron chi connectivity index (χ4n) is 1.64. The first kappa shape index (κ1) is 9.93. The van der Waals surface area contributed by atoms with Gasteiger partial charge in [-0.2, -0.15) is 0 Å². The van der Waals surface area contributed by atoms with Crippen LogP contribution in [0.5, 0.6) is 5.19 Å². The molecule has 1 unspecified atom stereocenters. The molecular formula is C10H16N2OS. The summed E-state index contributed by atoms with van der Waals surface area (Å²) >= 11 is 1.58. The summed E-state index contributed by atoms with van der Waals surface area (Å²) in [5, 5.41) is 6.27. The molecule has 0 aromatic carbocycles. The topological polar surface area (TPSA) is 34.1 Å². The van der Waals surface area contributed by atoms with Gasteiger partial charge in [0.2, 0.25) is 0 Å². The monoisotopic (exact) mass is 212 g/mol. The Bertz CT molecular complexity index is 281. The van der Waals surface area contributed by atoms with Crippen LogP contribution in [0, 0.1) is 6.92 Å². The van der Waals surface area contributed by atoms with Crippen molar-refractivity contribution in [1.29, 1.82) is 0 Å². The molecule has 1 aliphatic heterocycles. The predicted molar refractivity (Wildman–Crippen MR) is 58.0 cm³/mol. The van der Waals surface area contributed by atoms with Crippen LogP contribution in [0.15, 0.2) is 5.38 Å². The average Bonchev–Trinajstić information content (AvgIpc) is 2.63. The highest BCUT2D eigenvalue weighted by atomic mass is 32.1. The number of nitrogens with zero attached hydrogens (tertiary/aromatic N) is 1. The maximum Gasteiger partial charge on any atom is 0.273 e. The van der Waals surface area contributed by atoms with Gasteiger partial charge in [-0.3, -0.25) is 0 Å². The fraction of sp³-hybridized carbons (Fsp3) is 0.700. The summed E-state index contributed by atoms with van der Waals surface area (Å²) in [6, 6.07) is 0.521. The summed E-state index contributed by atoms with van der Waals surface area (Å²) in [4.78, 5) is 4.26. The summed E-state index contributed by atoms with van der Waals surface area (Å²) < 4.78 is 5.61. The van der Waals surface area contributed by atoms with Crippen molar-refractivity contribution in [2.24, 2.45) is 0 Å². The van der Waals surface area contributed by atoms with Crippen molar-refractivity contribution in [2.45, 2.75) is 32.2 Å². The average molecular weight is 212 g/mol. The molecule has 0 spiro atoms. The second-order valence-corrected chi connectivity index (χ2v) is 4.53. The van der Waals surface area contributed by atoms with Crippen molar-refractivity contribution in [2.75, 3.05) is 13.2 Å². The number of hydrogen-bond donors (Lipinski definition) is 1. The van der Waals surface area contributed by atoms with Gasteiger partial charge in [0.05, 0.1) is 5.69 Å². The number of ether oxygens (including phenoxy) is 1. The molecule has 0 aliphatic carbocycles. The minimum atomic E-state index is 0.521. The highest BCUT2D eigenvalue weighted by Crippen LogP contribution is 2.18. The van der Waals surface area contributed by atoms with Gasteiger partial charge in [0.15, 0.2) is 0 Å². The van der Waals surface area contributed by atoms with Gasteiger partial charge in [-0.15, -0.1) is 0 Å². The molecule has 0 saturated carbocycles. The largest absolute Gasteiger partial charge is 0.468 e. The molecule has 1 aliphatic rings. The Kier molecular flexibility index (Phi) is 3.37. The minimum absolute atomic E-state index is 0.521. The zero-order valence-electron chi connectivity index (χ0n) is 8.45. The van der Waals surface area contributed by atoms with Crippen molar-refractivity contribution in [3.05, 3.63) is 11.1 Å². The zero-order chi connectivity index (χ0) is 9.80. The predicted octanol–water partition coefficient (Wildman–Crippen LogP) is 1.97. The summed E-state index contributed by atoms with van der Waals surface area (Å²) in [6.07, 6.45) is 3.84. The quantitative estimate of drug-likeness (QED) is 0.832. The third-order valence-electron chi connectivity index (χ3n) is 2.42. The Hall–Kier alpha value is -0.610. The Morgan fingerprint density at radius 3 is 3.21 bits per heavy atom. The smallest absolute Gasteiger partial charge is 0.273 e. The molecule has 14 heavy (non-hydrogen) atoms. The molecule has 1 atom stereocenters. The van der Waals surface area contributed by atoms with Crippen LogP contribution in [-0.4, -0.2) is 24.2 Å². The standard InChI is InChI=1S/C10H16N2OS/c1-8-7-14-10(12-8)13-6-9-4-2-3-5-11-9/h7,9,11H,2-6H2,1H3. The number of rotatable bonds is 3. The highest BCUT2D eigenvalue weighted by molar-refractivity contribution is 7.11. The van der Waals surface area contributed by atoms with Crippen LogP contribution in [0.1, 0.15) is 25.0 Å². The zero-order valence-corrected chi connectivity index (χ0v) is 9.27. The molecule has 0 radical (unpaired) electrons. The molecule has 1 N–H and O–H groups in total. The highest BCUT2D eigenvalue weighted by Gasteiger charge is 2.13. The van der Waals surface area contributed by atoms with Crippen LogP contribution in [0.2, 0.25) is 0 Å². The number of aromatic nitrogens is 1. The summed E-state index contributed by atoms with van der Waals surface area (Å²) in [6.45, 7) is 3.88. The molecule has 1 aromatic heterocycles. The molecule has 2 heterocycles. The van der Waals surface area contributed by atoms with Gasteiger partial charge in [-0.1, -0.05) is 17.8 Å². The molecule has 1 fully saturated rings. The maximum atomic E-state index is 5.61. The second-order valence-electron chi connectivity index (χ2n) is 3.71. The normalized spacial score (nSPS) is 22.2. The molecule has 0 bridgehead atoms. The van der Waals surface area contributed by atoms with E-state index < -0.39 is 0 Å². The molecule has 78 valence electrons. The fourth-order valence-corrected chi connectivity index (χ4v) is 2.29. The van der Waals surface area contributed by atoms with Gasteiger partial charge in [0.25, 0.3) is 5.19 Å². The number of hydrogen-bond acceptors (Lipinski definition) is 4. The molecule has 4 heteroatoms. The summed E-state index contributed by atoms with van der Waals surface area (Å²) in [7, 11) is 0. The summed E-state index contributed by atoms with van der Waals surface area (Å²) in [5.74, 6) is 0. The minimum Gasteiger partial charge on any atom is -0.468 e. The van der Waals surface area contributed by atoms with Crippen molar-refractivity contribution < 1.29 is 4.74 Å². The number of nitrogens with one attached hydrogen (secondary N) is 1. The molecule has 1 aromatic rings. The first-order valence-electron chi connectivity index (χ1n) is 5.13. The van der Waals surface area contributed by atoms with Crippen LogP contribution < -0.4 is 10.1 Å². The van der Waals surface area contributed by atoms with E-state index in [-0.39, 0.29) is 0 Å². The lowest BCUT2D eigenvalue weighted by atomic mass is 10.1. The van der Waals surface area contributed by atoms with E-state index in [1.165, 1.54) is 19.3 Å². The van der Waals surface area contributed by atoms with E-state index in [0.29, 0.717) is 6.04 Å². The Labute approximate surface area is 88.5 Å². The van der Waals surface area contributed by atoms with E-state index in [1.807, 2.05) is 12.3 Å². The SMILES string of the molecule is Cc1csc(OCC2CCCCN2)n1. The Balaban J connectivity index is 1.76. The molecular weight excluding hydrogens is 196 g/mol. The Morgan fingerprint density at radius 1 is 1.64 bits per heavy atom. The van der Waals surface area contributed by atoms with Gasteiger partial charge in [-0.05, 0) is 26.3 Å². The van der Waals surface area contributed by atoms with Crippen molar-refractivity contribution in [3.63, 3.8) is 0 Å². The van der Waals surface area contributed by atoms with E-state index in [4.69, 9.17) is 4.74 Å². The van der Waals surface area contributed by atoms with Crippen LogP contribution in [-0.2, 0) is 0 Å². The van der Waals surface area contributed by atoms with Gasteiger partial charge in [0.1, 0.15) is 6.61 Å². The van der Waals surface area contributed by atoms with Crippen LogP contribution in [0.3, 0.4) is 0 Å². The van der Waals surface area contributed by atoms with E-state index in [0.717, 1.165) is 24.0 Å². The van der Waals surface area contributed by atoms with Crippen molar-refractivity contribution >= 4 is 11.3 Å². The van der Waals surface area contributed by atoms with Crippen molar-refractivity contribution in [3.8, 4) is 5.19 Å². The Morgan fingerprint density at radius 2 is 2.57 bits per heavy atom. The maximum absolute atomic E-state index is 5.61. The lowest BCUT2D eigenvalue weighted by molar-refractivity contribution is 0.238. The van der Waals surface area contributed by atoms with E-state index in [9.17, 15) is 0 Å². The number of thiazole rings is 1. The molecule has 3 nitrogen and oxygen atoms in total. The van der Waals surface area contributed by atoms with Crippen LogP contribution >= 0.6 is 11.3 Å².